The molecule has 1 aromatic rings. The van der Waals surface area contributed by atoms with Crippen LogP contribution in [-0.4, -0.2) is 36.4 Å². The number of esters is 1. The molecule has 0 unspecified atom stereocenters. The summed E-state index contributed by atoms with van der Waals surface area (Å²) in [6, 6.07) is 7.45. The van der Waals surface area contributed by atoms with E-state index in [1.807, 2.05) is 65.8 Å². The fraction of sp³-hybridized carbons (Fsp3) is 0.619. The summed E-state index contributed by atoms with van der Waals surface area (Å²) in [5.41, 5.74) is -0.121. The van der Waals surface area contributed by atoms with Gasteiger partial charge in [0.15, 0.2) is 0 Å². The summed E-state index contributed by atoms with van der Waals surface area (Å²) in [4.78, 5) is 23.4. The van der Waals surface area contributed by atoms with Gasteiger partial charge in [0, 0.05) is 6.54 Å². The Morgan fingerprint density at radius 3 is 2.26 bits per heavy atom. The molecule has 1 rings (SSSR count). The average Bonchev–Trinajstić information content (AvgIpc) is 2.47. The molecular weight excluding hydrogens is 346 g/mol. The van der Waals surface area contributed by atoms with Gasteiger partial charge in [-0.05, 0) is 72.1 Å². The minimum absolute atomic E-state index is 0.217. The molecule has 6 heteroatoms. The van der Waals surface area contributed by atoms with Crippen molar-refractivity contribution in [3.63, 3.8) is 0 Å². The molecule has 6 nitrogen and oxygen atoms in total. The Bertz CT molecular complexity index is 614. The summed E-state index contributed by atoms with van der Waals surface area (Å²) in [5.74, 6) is 0.462. The Morgan fingerprint density at radius 1 is 0.963 bits per heavy atom. The number of hydrogen-bond donors (Lipinski definition) is 1. The van der Waals surface area contributed by atoms with E-state index >= 15 is 0 Å². The molecule has 0 radical (unpaired) electrons. The predicted octanol–water partition coefficient (Wildman–Crippen LogP) is 4.25. The van der Waals surface area contributed by atoms with Gasteiger partial charge in [0.05, 0.1) is 13.0 Å². The Hall–Kier alpha value is -2.24. The monoisotopic (exact) mass is 379 g/mol. The number of amides is 1. The summed E-state index contributed by atoms with van der Waals surface area (Å²) in [6.07, 6.45) is 1.40. The van der Waals surface area contributed by atoms with E-state index in [9.17, 15) is 9.59 Å². The van der Waals surface area contributed by atoms with Crippen LogP contribution < -0.4 is 10.1 Å². The number of benzene rings is 1. The lowest BCUT2D eigenvalue weighted by Crippen LogP contribution is -2.33. The summed E-state index contributed by atoms with van der Waals surface area (Å²) >= 11 is 0. The van der Waals surface area contributed by atoms with Crippen molar-refractivity contribution in [2.75, 3.05) is 13.2 Å². The second-order valence-corrected chi connectivity index (χ2v) is 8.39. The van der Waals surface area contributed by atoms with Crippen molar-refractivity contribution in [2.24, 2.45) is 0 Å². The van der Waals surface area contributed by atoms with Crippen LogP contribution in [0, 0.1) is 0 Å². The van der Waals surface area contributed by atoms with E-state index in [1.54, 1.807) is 0 Å². The standard InChI is InChI=1S/C21H33NO5/c1-20(2,3)26-18(23)15-16-10-9-11-17(14-16)25-13-8-7-12-22-19(24)27-21(4,5)6/h9-11,14H,7-8,12-13,15H2,1-6H3,(H,22,24). The molecule has 0 heterocycles. The van der Waals surface area contributed by atoms with Gasteiger partial charge in [0.1, 0.15) is 17.0 Å². The van der Waals surface area contributed by atoms with Crippen molar-refractivity contribution >= 4 is 12.1 Å². The molecule has 1 N–H and O–H groups in total. The number of carbonyl (C=O) groups is 2. The van der Waals surface area contributed by atoms with Crippen LogP contribution in [0.25, 0.3) is 0 Å². The molecular formula is C21H33NO5. The van der Waals surface area contributed by atoms with Crippen molar-refractivity contribution in [1.82, 2.24) is 5.32 Å². The molecule has 0 atom stereocenters. The van der Waals surface area contributed by atoms with E-state index < -0.39 is 17.3 Å². The van der Waals surface area contributed by atoms with E-state index in [0.29, 0.717) is 13.2 Å². The van der Waals surface area contributed by atoms with Crippen molar-refractivity contribution in [1.29, 1.82) is 0 Å². The summed E-state index contributed by atoms with van der Waals surface area (Å²) in [6.45, 7) is 12.1. The van der Waals surface area contributed by atoms with Crippen molar-refractivity contribution < 1.29 is 23.8 Å². The van der Waals surface area contributed by atoms with E-state index in [0.717, 1.165) is 24.2 Å². The number of hydrogen-bond acceptors (Lipinski definition) is 5. The minimum Gasteiger partial charge on any atom is -0.494 e. The van der Waals surface area contributed by atoms with Gasteiger partial charge >= 0.3 is 12.1 Å². The third kappa shape index (κ3) is 11.9. The van der Waals surface area contributed by atoms with E-state index in [4.69, 9.17) is 14.2 Å². The maximum atomic E-state index is 11.9. The van der Waals surface area contributed by atoms with Gasteiger partial charge in [-0.15, -0.1) is 0 Å². The number of ether oxygens (including phenoxy) is 3. The van der Waals surface area contributed by atoms with Crippen LogP contribution in [0.15, 0.2) is 24.3 Å². The molecule has 0 saturated heterocycles. The lowest BCUT2D eigenvalue weighted by atomic mass is 10.1. The topological polar surface area (TPSA) is 73.9 Å². The molecule has 152 valence electrons. The van der Waals surface area contributed by atoms with Crippen LogP contribution in [0.1, 0.15) is 59.9 Å². The van der Waals surface area contributed by atoms with E-state index in [-0.39, 0.29) is 12.4 Å². The zero-order chi connectivity index (χ0) is 20.5. The lowest BCUT2D eigenvalue weighted by molar-refractivity contribution is -0.153. The van der Waals surface area contributed by atoms with Gasteiger partial charge in [0.25, 0.3) is 0 Å². The highest BCUT2D eigenvalue weighted by Crippen LogP contribution is 2.16. The first-order valence-electron chi connectivity index (χ1n) is 9.35. The molecule has 0 aliphatic heterocycles. The van der Waals surface area contributed by atoms with Gasteiger partial charge in [0.2, 0.25) is 0 Å². The Balaban J connectivity index is 2.28. The smallest absolute Gasteiger partial charge is 0.407 e. The van der Waals surface area contributed by atoms with Crippen molar-refractivity contribution in [3.05, 3.63) is 29.8 Å². The molecule has 0 aliphatic carbocycles. The van der Waals surface area contributed by atoms with Crippen molar-refractivity contribution in [2.45, 2.75) is 72.0 Å². The van der Waals surface area contributed by atoms with Crippen molar-refractivity contribution in [3.8, 4) is 5.75 Å². The molecule has 0 aromatic heterocycles. The lowest BCUT2D eigenvalue weighted by Gasteiger charge is -2.19. The summed E-state index contributed by atoms with van der Waals surface area (Å²) in [5, 5.41) is 2.72. The maximum Gasteiger partial charge on any atom is 0.407 e. The third-order valence-corrected chi connectivity index (χ3v) is 3.17. The van der Waals surface area contributed by atoms with Crippen LogP contribution in [0.2, 0.25) is 0 Å². The first-order valence-corrected chi connectivity index (χ1v) is 9.35. The molecule has 27 heavy (non-hydrogen) atoms. The van der Waals surface area contributed by atoms with Gasteiger partial charge < -0.3 is 19.5 Å². The number of carbonyl (C=O) groups excluding carboxylic acids is 2. The first-order chi connectivity index (χ1) is 12.4. The number of alkyl carbamates (subject to hydrolysis) is 1. The molecule has 1 amide bonds. The van der Waals surface area contributed by atoms with Crippen LogP contribution in [0.5, 0.6) is 5.75 Å². The number of unbranched alkanes of at least 4 members (excludes halogenated alkanes) is 1. The Morgan fingerprint density at radius 2 is 1.63 bits per heavy atom. The quantitative estimate of drug-likeness (QED) is 0.540. The fourth-order valence-electron chi connectivity index (χ4n) is 2.21. The number of nitrogens with one attached hydrogen (secondary N) is 1. The summed E-state index contributed by atoms with van der Waals surface area (Å²) in [7, 11) is 0. The Kier molecular flexibility index (Phi) is 8.60. The minimum atomic E-state index is -0.489. The number of rotatable bonds is 8. The normalized spacial score (nSPS) is 11.6. The second kappa shape index (κ2) is 10.2. The van der Waals surface area contributed by atoms with Crippen LogP contribution in [-0.2, 0) is 20.7 Å². The van der Waals surface area contributed by atoms with E-state index in [1.165, 1.54) is 0 Å². The molecule has 0 bridgehead atoms. The van der Waals surface area contributed by atoms with Crippen LogP contribution in [0.4, 0.5) is 4.79 Å². The van der Waals surface area contributed by atoms with Gasteiger partial charge in [-0.3, -0.25) is 4.79 Å². The molecule has 0 spiro atoms. The molecule has 1 aromatic carbocycles. The molecule has 0 aliphatic rings. The highest BCUT2D eigenvalue weighted by atomic mass is 16.6. The highest BCUT2D eigenvalue weighted by Gasteiger charge is 2.17. The van der Waals surface area contributed by atoms with E-state index in [2.05, 4.69) is 5.32 Å². The maximum absolute atomic E-state index is 11.9. The average molecular weight is 379 g/mol. The zero-order valence-electron chi connectivity index (χ0n) is 17.4. The predicted molar refractivity (Wildman–Crippen MR) is 105 cm³/mol. The third-order valence-electron chi connectivity index (χ3n) is 3.17. The largest absolute Gasteiger partial charge is 0.494 e. The fourth-order valence-corrected chi connectivity index (χ4v) is 2.21. The zero-order valence-corrected chi connectivity index (χ0v) is 17.4. The second-order valence-electron chi connectivity index (χ2n) is 8.39. The first kappa shape index (κ1) is 22.8. The van der Waals surface area contributed by atoms with Gasteiger partial charge in [-0.1, -0.05) is 12.1 Å². The molecule has 0 saturated carbocycles. The summed E-state index contributed by atoms with van der Waals surface area (Å²) < 4.78 is 16.2. The molecule has 0 fully saturated rings. The highest BCUT2D eigenvalue weighted by molar-refractivity contribution is 5.73. The van der Waals surface area contributed by atoms with Crippen LogP contribution >= 0.6 is 0 Å². The Labute approximate surface area is 162 Å². The van der Waals surface area contributed by atoms with Gasteiger partial charge in [-0.2, -0.15) is 0 Å². The van der Waals surface area contributed by atoms with Crippen LogP contribution in [0.3, 0.4) is 0 Å². The van der Waals surface area contributed by atoms with Gasteiger partial charge in [-0.25, -0.2) is 4.79 Å². The SMILES string of the molecule is CC(C)(C)OC(=O)Cc1cccc(OCCCCNC(=O)OC(C)(C)C)c1.